The van der Waals surface area contributed by atoms with E-state index in [4.69, 9.17) is 0 Å². The fourth-order valence-electron chi connectivity index (χ4n) is 1.48. The predicted molar refractivity (Wildman–Crippen MR) is 64.3 cm³/mol. The number of nitrogens with one attached hydrogen (secondary N) is 1. The van der Waals surface area contributed by atoms with Gasteiger partial charge in [0.2, 0.25) is 0 Å². The summed E-state index contributed by atoms with van der Waals surface area (Å²) in [6, 6.07) is 2.07. The van der Waals surface area contributed by atoms with Gasteiger partial charge < -0.3 is 5.32 Å². The van der Waals surface area contributed by atoms with Crippen LogP contribution in [0.1, 0.15) is 16.8 Å². The molecule has 0 saturated carbocycles. The van der Waals surface area contributed by atoms with Gasteiger partial charge in [0.15, 0.2) is 0 Å². The zero-order chi connectivity index (χ0) is 11.2. The van der Waals surface area contributed by atoms with Crippen LogP contribution in [0.15, 0.2) is 23.8 Å². The highest BCUT2D eigenvalue weighted by molar-refractivity contribution is 7.03. The van der Waals surface area contributed by atoms with Crippen molar-refractivity contribution in [3.05, 3.63) is 40.7 Å². The van der Waals surface area contributed by atoms with Gasteiger partial charge in [0, 0.05) is 24.3 Å². The monoisotopic (exact) mass is 234 g/mol. The summed E-state index contributed by atoms with van der Waals surface area (Å²) in [6.07, 6.45) is 4.76. The highest BCUT2D eigenvalue weighted by atomic mass is 32.1. The Balaban J connectivity index is 1.74. The zero-order valence-electron chi connectivity index (χ0n) is 9.18. The van der Waals surface area contributed by atoms with E-state index < -0.39 is 0 Å². The van der Waals surface area contributed by atoms with Crippen molar-refractivity contribution in [1.82, 2.24) is 19.9 Å². The number of pyridine rings is 1. The minimum atomic E-state index is 0.792. The van der Waals surface area contributed by atoms with Crippen LogP contribution in [0.5, 0.6) is 0 Å². The molecule has 0 atom stereocenters. The van der Waals surface area contributed by atoms with E-state index in [-0.39, 0.29) is 0 Å². The molecule has 0 fully saturated rings. The third-order valence-electron chi connectivity index (χ3n) is 2.42. The highest BCUT2D eigenvalue weighted by Gasteiger charge is 1.98. The van der Waals surface area contributed by atoms with Gasteiger partial charge in [-0.25, -0.2) is 0 Å². The molecule has 0 unspecified atom stereocenters. The lowest BCUT2D eigenvalue weighted by Crippen LogP contribution is -2.17. The fourth-order valence-corrected chi connectivity index (χ4v) is 1.93. The first-order chi connectivity index (χ1) is 7.86. The largest absolute Gasteiger partial charge is 0.311 e. The van der Waals surface area contributed by atoms with Crippen molar-refractivity contribution >= 4 is 11.5 Å². The number of aromatic nitrogens is 3. The molecule has 4 nitrogen and oxygen atoms in total. The van der Waals surface area contributed by atoms with Gasteiger partial charge in [0.1, 0.15) is 0 Å². The maximum atomic E-state index is 4.08. The van der Waals surface area contributed by atoms with E-state index in [1.807, 2.05) is 17.8 Å². The van der Waals surface area contributed by atoms with Crippen molar-refractivity contribution in [2.45, 2.75) is 19.9 Å². The Morgan fingerprint density at radius 3 is 3.12 bits per heavy atom. The van der Waals surface area contributed by atoms with Crippen molar-refractivity contribution in [3.8, 4) is 0 Å². The van der Waals surface area contributed by atoms with Crippen LogP contribution in [-0.2, 0) is 13.0 Å². The Labute approximate surface area is 98.9 Å². The number of rotatable bonds is 5. The molecular weight excluding hydrogens is 220 g/mol. The lowest BCUT2D eigenvalue weighted by Gasteiger charge is -2.05. The van der Waals surface area contributed by atoms with E-state index in [1.165, 1.54) is 22.7 Å². The van der Waals surface area contributed by atoms with Gasteiger partial charge in [0.05, 0.1) is 5.69 Å². The molecule has 0 aliphatic carbocycles. The molecule has 0 aliphatic rings. The van der Waals surface area contributed by atoms with Crippen LogP contribution >= 0.6 is 11.5 Å². The van der Waals surface area contributed by atoms with Gasteiger partial charge in [-0.15, -0.1) is 5.10 Å². The van der Waals surface area contributed by atoms with E-state index in [9.17, 15) is 0 Å². The first-order valence-corrected chi connectivity index (χ1v) is 6.06. The molecule has 16 heavy (non-hydrogen) atoms. The predicted octanol–water partition coefficient (Wildman–Crippen LogP) is 1.57. The first kappa shape index (κ1) is 11.2. The highest BCUT2D eigenvalue weighted by Crippen LogP contribution is 2.05. The fraction of sp³-hybridized carbons (Fsp3) is 0.364. The summed E-state index contributed by atoms with van der Waals surface area (Å²) in [6.45, 7) is 3.83. The van der Waals surface area contributed by atoms with Gasteiger partial charge in [-0.05, 0) is 48.6 Å². The summed E-state index contributed by atoms with van der Waals surface area (Å²) in [5.74, 6) is 0. The number of nitrogens with zero attached hydrogens (tertiary/aromatic N) is 3. The average Bonchev–Trinajstić information content (AvgIpc) is 2.79. The molecule has 0 aromatic carbocycles. The SMILES string of the molecule is Cc1cnccc1CCNCc1csnn1. The number of aryl methyl sites for hydroxylation is 1. The molecule has 0 bridgehead atoms. The summed E-state index contributed by atoms with van der Waals surface area (Å²) < 4.78 is 3.82. The molecule has 0 amide bonds. The molecule has 0 saturated heterocycles. The van der Waals surface area contributed by atoms with Crippen LogP contribution in [0.2, 0.25) is 0 Å². The Morgan fingerprint density at radius 2 is 2.38 bits per heavy atom. The van der Waals surface area contributed by atoms with Gasteiger partial charge in [-0.1, -0.05) is 4.49 Å². The Morgan fingerprint density at radius 1 is 1.44 bits per heavy atom. The molecule has 84 valence electrons. The lowest BCUT2D eigenvalue weighted by molar-refractivity contribution is 0.671. The molecule has 0 spiro atoms. The first-order valence-electron chi connectivity index (χ1n) is 5.22. The molecule has 2 heterocycles. The number of hydrogen-bond acceptors (Lipinski definition) is 5. The van der Waals surface area contributed by atoms with E-state index in [0.717, 1.165) is 25.2 Å². The average molecular weight is 234 g/mol. The van der Waals surface area contributed by atoms with Crippen molar-refractivity contribution in [3.63, 3.8) is 0 Å². The molecule has 2 rings (SSSR count). The second kappa shape index (κ2) is 5.67. The van der Waals surface area contributed by atoms with E-state index in [0.29, 0.717) is 0 Å². The Hall–Kier alpha value is -1.33. The molecule has 1 N–H and O–H groups in total. The summed E-state index contributed by atoms with van der Waals surface area (Å²) in [5, 5.41) is 9.28. The van der Waals surface area contributed by atoms with E-state index in [1.54, 1.807) is 0 Å². The lowest BCUT2D eigenvalue weighted by atomic mass is 10.1. The number of hydrogen-bond donors (Lipinski definition) is 1. The summed E-state index contributed by atoms with van der Waals surface area (Å²) in [7, 11) is 0. The van der Waals surface area contributed by atoms with Crippen molar-refractivity contribution in [2.75, 3.05) is 6.54 Å². The van der Waals surface area contributed by atoms with Crippen LogP contribution in [0, 0.1) is 6.92 Å². The third kappa shape index (κ3) is 3.08. The van der Waals surface area contributed by atoms with Crippen LogP contribution in [0.4, 0.5) is 0 Å². The van der Waals surface area contributed by atoms with Gasteiger partial charge in [0.25, 0.3) is 0 Å². The zero-order valence-corrected chi connectivity index (χ0v) is 10.00. The second-order valence-corrected chi connectivity index (χ2v) is 4.24. The molecular formula is C11H14N4S. The van der Waals surface area contributed by atoms with Gasteiger partial charge >= 0.3 is 0 Å². The van der Waals surface area contributed by atoms with Crippen LogP contribution in [0.3, 0.4) is 0 Å². The molecule has 2 aromatic heterocycles. The topological polar surface area (TPSA) is 50.7 Å². The minimum Gasteiger partial charge on any atom is -0.311 e. The van der Waals surface area contributed by atoms with Crippen LogP contribution in [-0.4, -0.2) is 21.1 Å². The van der Waals surface area contributed by atoms with Gasteiger partial charge in [-0.3, -0.25) is 4.98 Å². The maximum Gasteiger partial charge on any atom is 0.0893 e. The van der Waals surface area contributed by atoms with E-state index >= 15 is 0 Å². The summed E-state index contributed by atoms with van der Waals surface area (Å²) in [4.78, 5) is 4.08. The Bertz CT molecular complexity index is 427. The van der Waals surface area contributed by atoms with Crippen LogP contribution < -0.4 is 5.32 Å². The Kier molecular flexibility index (Phi) is 3.96. The van der Waals surface area contributed by atoms with Crippen molar-refractivity contribution in [2.24, 2.45) is 0 Å². The molecule has 2 aromatic rings. The molecule has 0 aliphatic heterocycles. The molecule has 5 heteroatoms. The maximum absolute atomic E-state index is 4.08. The van der Waals surface area contributed by atoms with Gasteiger partial charge in [-0.2, -0.15) is 0 Å². The normalized spacial score (nSPS) is 10.6. The summed E-state index contributed by atoms with van der Waals surface area (Å²) in [5.41, 5.74) is 3.61. The minimum absolute atomic E-state index is 0.792. The standard InChI is InChI=1S/C11H14N4S/c1-9-6-12-4-2-10(9)3-5-13-7-11-8-16-15-14-11/h2,4,6,8,13H,3,5,7H2,1H3. The van der Waals surface area contributed by atoms with Crippen LogP contribution in [0.25, 0.3) is 0 Å². The quantitative estimate of drug-likeness (QED) is 0.798. The smallest absolute Gasteiger partial charge is 0.0893 e. The molecule has 0 radical (unpaired) electrons. The van der Waals surface area contributed by atoms with Crippen molar-refractivity contribution < 1.29 is 0 Å². The summed E-state index contributed by atoms with van der Waals surface area (Å²) >= 11 is 1.39. The van der Waals surface area contributed by atoms with E-state index in [2.05, 4.69) is 32.9 Å². The second-order valence-electron chi connectivity index (χ2n) is 3.63. The van der Waals surface area contributed by atoms with Crippen molar-refractivity contribution in [1.29, 1.82) is 0 Å². The third-order valence-corrected chi connectivity index (χ3v) is 2.97.